The van der Waals surface area contributed by atoms with Crippen molar-refractivity contribution in [1.29, 1.82) is 0 Å². The Labute approximate surface area is 93.8 Å². The summed E-state index contributed by atoms with van der Waals surface area (Å²) < 4.78 is 0. The van der Waals surface area contributed by atoms with E-state index in [0.29, 0.717) is 10.8 Å². The lowest BCUT2D eigenvalue weighted by Gasteiger charge is -2.65. The van der Waals surface area contributed by atoms with Crippen LogP contribution in [0, 0.1) is 28.6 Å². The summed E-state index contributed by atoms with van der Waals surface area (Å²) in [6, 6.07) is 0. The molecule has 15 heavy (non-hydrogen) atoms. The molecule has 0 saturated heterocycles. The summed E-state index contributed by atoms with van der Waals surface area (Å²) in [5.74, 6) is 3.00. The standard InChI is InChI=1S/C14H25N/c1-13(2)10-4-5-11(12(13)8-10)14(9-15)6-3-7-14/h10-12H,3-9,15H2,1-2H3/t10-,11?,12-/m0/s1. The first-order valence-corrected chi connectivity index (χ1v) is 6.80. The van der Waals surface area contributed by atoms with Gasteiger partial charge in [0.25, 0.3) is 0 Å². The van der Waals surface area contributed by atoms with Crippen molar-refractivity contribution in [3.63, 3.8) is 0 Å². The Morgan fingerprint density at radius 3 is 2.27 bits per heavy atom. The Morgan fingerprint density at radius 1 is 1.13 bits per heavy atom. The molecule has 4 rings (SSSR count). The Balaban J connectivity index is 1.82. The van der Waals surface area contributed by atoms with Crippen LogP contribution in [0.2, 0.25) is 0 Å². The van der Waals surface area contributed by atoms with Gasteiger partial charge in [-0.3, -0.25) is 0 Å². The van der Waals surface area contributed by atoms with E-state index >= 15 is 0 Å². The molecule has 1 heteroatoms. The van der Waals surface area contributed by atoms with Crippen molar-refractivity contribution in [1.82, 2.24) is 0 Å². The van der Waals surface area contributed by atoms with Crippen LogP contribution in [0.4, 0.5) is 0 Å². The summed E-state index contributed by atoms with van der Waals surface area (Å²) in [5, 5.41) is 0. The summed E-state index contributed by atoms with van der Waals surface area (Å²) in [6.07, 6.45) is 8.76. The molecule has 1 nitrogen and oxygen atoms in total. The molecule has 0 heterocycles. The fourth-order valence-corrected chi connectivity index (χ4v) is 4.90. The molecule has 1 unspecified atom stereocenters. The first-order chi connectivity index (χ1) is 7.10. The molecule has 0 aliphatic heterocycles. The van der Waals surface area contributed by atoms with Crippen LogP contribution >= 0.6 is 0 Å². The van der Waals surface area contributed by atoms with E-state index in [1.165, 1.54) is 38.5 Å². The number of hydrogen-bond donors (Lipinski definition) is 1. The third kappa shape index (κ3) is 1.13. The average molecular weight is 207 g/mol. The summed E-state index contributed by atoms with van der Waals surface area (Å²) in [4.78, 5) is 0. The van der Waals surface area contributed by atoms with E-state index in [4.69, 9.17) is 5.73 Å². The van der Waals surface area contributed by atoms with E-state index in [2.05, 4.69) is 13.8 Å². The summed E-state index contributed by atoms with van der Waals surface area (Å²) in [6.45, 7) is 5.96. The van der Waals surface area contributed by atoms with Crippen LogP contribution in [0.5, 0.6) is 0 Å². The highest BCUT2D eigenvalue weighted by Crippen LogP contribution is 2.67. The van der Waals surface area contributed by atoms with Crippen molar-refractivity contribution in [2.45, 2.75) is 52.4 Å². The zero-order chi connectivity index (χ0) is 10.7. The van der Waals surface area contributed by atoms with Crippen molar-refractivity contribution < 1.29 is 0 Å². The number of nitrogens with two attached hydrogens (primary N) is 1. The van der Waals surface area contributed by atoms with Gasteiger partial charge in [-0.25, -0.2) is 0 Å². The van der Waals surface area contributed by atoms with Crippen LogP contribution in [-0.4, -0.2) is 6.54 Å². The Bertz CT molecular complexity index is 257. The second-order valence-electron chi connectivity index (χ2n) is 6.96. The molecule has 86 valence electrons. The largest absolute Gasteiger partial charge is 0.330 e. The van der Waals surface area contributed by atoms with Crippen molar-refractivity contribution in [3.05, 3.63) is 0 Å². The number of fused-ring (bicyclic) bond motifs is 2. The molecule has 4 aliphatic rings. The highest BCUT2D eigenvalue weighted by Gasteiger charge is 2.59. The topological polar surface area (TPSA) is 26.0 Å². The molecule has 0 radical (unpaired) electrons. The Hall–Kier alpha value is -0.0400. The fourth-order valence-electron chi connectivity index (χ4n) is 4.90. The molecular formula is C14H25N. The third-order valence-corrected chi connectivity index (χ3v) is 6.40. The lowest BCUT2D eigenvalue weighted by atomic mass is 9.40. The molecule has 2 bridgehead atoms. The second-order valence-corrected chi connectivity index (χ2v) is 6.96. The normalized spacial score (nSPS) is 45.4. The predicted octanol–water partition coefficient (Wildman–Crippen LogP) is 3.19. The highest BCUT2D eigenvalue weighted by atomic mass is 14.7. The van der Waals surface area contributed by atoms with Crippen molar-refractivity contribution >= 4 is 0 Å². The van der Waals surface area contributed by atoms with Gasteiger partial charge in [0.1, 0.15) is 0 Å². The van der Waals surface area contributed by atoms with Gasteiger partial charge in [-0.15, -0.1) is 0 Å². The molecule has 4 aliphatic carbocycles. The lowest BCUT2D eigenvalue weighted by Crippen LogP contribution is -2.59. The maximum absolute atomic E-state index is 6.07. The molecule has 0 spiro atoms. The van der Waals surface area contributed by atoms with Gasteiger partial charge in [0, 0.05) is 0 Å². The molecule has 0 amide bonds. The van der Waals surface area contributed by atoms with Gasteiger partial charge in [0.15, 0.2) is 0 Å². The first-order valence-electron chi connectivity index (χ1n) is 6.80. The van der Waals surface area contributed by atoms with Crippen molar-refractivity contribution in [2.75, 3.05) is 6.54 Å². The molecule has 4 saturated carbocycles. The predicted molar refractivity (Wildman–Crippen MR) is 63.4 cm³/mol. The van der Waals surface area contributed by atoms with Gasteiger partial charge in [0.2, 0.25) is 0 Å². The molecular weight excluding hydrogens is 182 g/mol. The molecule has 2 N–H and O–H groups in total. The summed E-state index contributed by atoms with van der Waals surface area (Å²) in [5.41, 5.74) is 7.28. The minimum atomic E-state index is 0.577. The van der Waals surface area contributed by atoms with Crippen LogP contribution in [-0.2, 0) is 0 Å². The number of hydrogen-bond acceptors (Lipinski definition) is 1. The number of rotatable bonds is 2. The third-order valence-electron chi connectivity index (χ3n) is 6.40. The van der Waals surface area contributed by atoms with Gasteiger partial charge in [0.05, 0.1) is 0 Å². The zero-order valence-corrected chi connectivity index (χ0v) is 10.3. The van der Waals surface area contributed by atoms with Crippen LogP contribution in [0.1, 0.15) is 52.4 Å². The highest BCUT2D eigenvalue weighted by molar-refractivity contribution is 5.09. The minimum Gasteiger partial charge on any atom is -0.330 e. The van der Waals surface area contributed by atoms with Crippen LogP contribution in [0.15, 0.2) is 0 Å². The maximum Gasteiger partial charge on any atom is -0.00178 e. The average Bonchev–Trinajstić information content (AvgIpc) is 2.17. The van der Waals surface area contributed by atoms with Gasteiger partial charge >= 0.3 is 0 Å². The van der Waals surface area contributed by atoms with Crippen LogP contribution < -0.4 is 5.73 Å². The smallest absolute Gasteiger partial charge is 0.00178 e. The van der Waals surface area contributed by atoms with Crippen molar-refractivity contribution in [2.24, 2.45) is 34.3 Å². The molecule has 3 atom stereocenters. The molecule has 4 fully saturated rings. The van der Waals surface area contributed by atoms with E-state index in [0.717, 1.165) is 24.3 Å². The van der Waals surface area contributed by atoms with E-state index in [1.807, 2.05) is 0 Å². The SMILES string of the molecule is CC1(C)[C@H]2CCC(C3(CN)CCC3)[C@@H]1C2. The zero-order valence-electron chi connectivity index (χ0n) is 10.3. The Kier molecular flexibility index (Phi) is 2.03. The van der Waals surface area contributed by atoms with Crippen molar-refractivity contribution in [3.8, 4) is 0 Å². The molecule has 0 aromatic heterocycles. The van der Waals surface area contributed by atoms with E-state index in [1.54, 1.807) is 0 Å². The van der Waals surface area contributed by atoms with Gasteiger partial charge in [-0.2, -0.15) is 0 Å². The van der Waals surface area contributed by atoms with Gasteiger partial charge in [-0.05, 0) is 67.2 Å². The summed E-state index contributed by atoms with van der Waals surface area (Å²) >= 11 is 0. The minimum absolute atomic E-state index is 0.577. The molecule has 0 aromatic carbocycles. The fraction of sp³-hybridized carbons (Fsp3) is 1.00. The van der Waals surface area contributed by atoms with E-state index < -0.39 is 0 Å². The quantitative estimate of drug-likeness (QED) is 0.739. The van der Waals surface area contributed by atoms with Crippen LogP contribution in [0.25, 0.3) is 0 Å². The second kappa shape index (κ2) is 3.00. The van der Waals surface area contributed by atoms with Gasteiger partial charge in [-0.1, -0.05) is 20.3 Å². The Morgan fingerprint density at radius 2 is 1.87 bits per heavy atom. The van der Waals surface area contributed by atoms with Crippen LogP contribution in [0.3, 0.4) is 0 Å². The summed E-state index contributed by atoms with van der Waals surface area (Å²) in [7, 11) is 0. The maximum atomic E-state index is 6.07. The molecule has 0 aromatic rings. The van der Waals surface area contributed by atoms with Gasteiger partial charge < -0.3 is 5.73 Å². The monoisotopic (exact) mass is 207 g/mol. The first kappa shape index (κ1) is 10.1. The van der Waals surface area contributed by atoms with E-state index in [9.17, 15) is 0 Å². The lowest BCUT2D eigenvalue weighted by molar-refractivity contribution is -0.159. The van der Waals surface area contributed by atoms with E-state index in [-0.39, 0.29) is 0 Å².